The van der Waals surface area contributed by atoms with Crippen molar-refractivity contribution < 1.29 is 9.53 Å². The number of esters is 1. The van der Waals surface area contributed by atoms with Gasteiger partial charge in [-0.25, -0.2) is 4.79 Å². The third-order valence-electron chi connectivity index (χ3n) is 3.30. The Bertz CT molecular complexity index is 598. The highest BCUT2D eigenvalue weighted by Gasteiger charge is 2.34. The lowest BCUT2D eigenvalue weighted by Crippen LogP contribution is -2.46. The second-order valence-corrected chi connectivity index (χ2v) is 5.55. The number of carbonyl (C=O) groups excluding carboxylic acids is 1. The molecule has 0 radical (unpaired) electrons. The summed E-state index contributed by atoms with van der Waals surface area (Å²) >= 11 is 5.90. The largest absolute Gasteiger partial charge is 0.467 e. The number of para-hydroxylation sites is 1. The van der Waals surface area contributed by atoms with Gasteiger partial charge in [0.25, 0.3) is 0 Å². The molecule has 1 unspecified atom stereocenters. The van der Waals surface area contributed by atoms with Gasteiger partial charge in [0.1, 0.15) is 5.54 Å². The fourth-order valence-electron chi connectivity index (χ4n) is 2.24. The van der Waals surface area contributed by atoms with E-state index in [1.165, 1.54) is 7.11 Å². The van der Waals surface area contributed by atoms with E-state index in [0.717, 1.165) is 11.3 Å². The van der Waals surface area contributed by atoms with Crippen LogP contribution in [0.1, 0.15) is 12.5 Å². The van der Waals surface area contributed by atoms with Crippen molar-refractivity contribution in [3.63, 3.8) is 0 Å². The Morgan fingerprint density at radius 2 is 1.76 bits per heavy atom. The highest BCUT2D eigenvalue weighted by Crippen LogP contribution is 2.22. The molecule has 0 saturated heterocycles. The zero-order valence-corrected chi connectivity index (χ0v) is 12.9. The van der Waals surface area contributed by atoms with E-state index < -0.39 is 5.54 Å². The highest BCUT2D eigenvalue weighted by atomic mass is 35.5. The van der Waals surface area contributed by atoms with Crippen molar-refractivity contribution in [3.8, 4) is 0 Å². The van der Waals surface area contributed by atoms with Crippen LogP contribution in [-0.4, -0.2) is 18.6 Å². The molecule has 0 aliphatic heterocycles. The Kier molecular flexibility index (Phi) is 4.86. The zero-order valence-electron chi connectivity index (χ0n) is 12.1. The van der Waals surface area contributed by atoms with Crippen LogP contribution in [0.2, 0.25) is 5.02 Å². The van der Waals surface area contributed by atoms with Crippen LogP contribution in [0.4, 0.5) is 5.69 Å². The number of benzene rings is 2. The average molecular weight is 304 g/mol. The van der Waals surface area contributed by atoms with Gasteiger partial charge < -0.3 is 10.1 Å². The minimum absolute atomic E-state index is 0.304. The second-order valence-electron chi connectivity index (χ2n) is 5.12. The molecular formula is C17H18ClNO2. The first kappa shape index (κ1) is 15.4. The summed E-state index contributed by atoms with van der Waals surface area (Å²) in [6.07, 6.45) is 0.506. The molecule has 2 rings (SSSR count). The van der Waals surface area contributed by atoms with Gasteiger partial charge >= 0.3 is 5.97 Å². The monoisotopic (exact) mass is 303 g/mol. The normalized spacial score (nSPS) is 13.3. The molecule has 1 atom stereocenters. The van der Waals surface area contributed by atoms with E-state index in [1.807, 2.05) is 61.5 Å². The minimum atomic E-state index is -0.843. The van der Waals surface area contributed by atoms with Crippen molar-refractivity contribution in [1.82, 2.24) is 0 Å². The van der Waals surface area contributed by atoms with Gasteiger partial charge in [-0.05, 0) is 36.8 Å². The number of hydrogen-bond donors (Lipinski definition) is 1. The number of nitrogens with one attached hydrogen (secondary N) is 1. The van der Waals surface area contributed by atoms with Crippen LogP contribution < -0.4 is 5.32 Å². The summed E-state index contributed by atoms with van der Waals surface area (Å²) in [6, 6.07) is 17.1. The summed E-state index contributed by atoms with van der Waals surface area (Å²) in [6.45, 7) is 1.83. The number of hydrogen-bond acceptors (Lipinski definition) is 3. The number of halogens is 1. The number of carbonyl (C=O) groups is 1. The molecule has 0 saturated carbocycles. The average Bonchev–Trinajstić information content (AvgIpc) is 2.49. The van der Waals surface area contributed by atoms with Crippen LogP contribution in [-0.2, 0) is 16.0 Å². The first-order chi connectivity index (χ1) is 10.0. The quantitative estimate of drug-likeness (QED) is 0.851. The molecule has 0 amide bonds. The lowest BCUT2D eigenvalue weighted by Gasteiger charge is -2.29. The van der Waals surface area contributed by atoms with E-state index in [1.54, 1.807) is 0 Å². The van der Waals surface area contributed by atoms with E-state index in [4.69, 9.17) is 16.3 Å². The first-order valence-corrected chi connectivity index (χ1v) is 7.07. The Hall–Kier alpha value is -2.00. The minimum Gasteiger partial charge on any atom is -0.467 e. The molecule has 0 fully saturated rings. The maximum Gasteiger partial charge on any atom is 0.331 e. The molecule has 0 aliphatic rings. The maximum absolute atomic E-state index is 12.2. The predicted molar refractivity (Wildman–Crippen MR) is 85.6 cm³/mol. The number of anilines is 1. The van der Waals surface area contributed by atoms with E-state index in [0.29, 0.717) is 11.4 Å². The highest BCUT2D eigenvalue weighted by molar-refractivity contribution is 6.30. The molecule has 4 heteroatoms. The Balaban J connectivity index is 2.24. The molecule has 0 aliphatic carbocycles. The van der Waals surface area contributed by atoms with E-state index in [-0.39, 0.29) is 5.97 Å². The third-order valence-corrected chi connectivity index (χ3v) is 3.55. The van der Waals surface area contributed by atoms with Gasteiger partial charge in [0.2, 0.25) is 0 Å². The van der Waals surface area contributed by atoms with Crippen LogP contribution in [0.15, 0.2) is 54.6 Å². The summed E-state index contributed by atoms with van der Waals surface area (Å²) in [4.78, 5) is 12.2. The molecular weight excluding hydrogens is 286 g/mol. The third kappa shape index (κ3) is 3.99. The zero-order chi connectivity index (χ0) is 15.3. The number of methoxy groups -OCH3 is 1. The van der Waals surface area contributed by atoms with Gasteiger partial charge in [0.15, 0.2) is 0 Å². The maximum atomic E-state index is 12.2. The fourth-order valence-corrected chi connectivity index (χ4v) is 2.37. The molecule has 0 spiro atoms. The van der Waals surface area contributed by atoms with E-state index in [9.17, 15) is 4.79 Å². The summed E-state index contributed by atoms with van der Waals surface area (Å²) in [5.74, 6) is -0.304. The molecule has 1 N–H and O–H groups in total. The summed E-state index contributed by atoms with van der Waals surface area (Å²) in [5.41, 5.74) is 1.04. The second kappa shape index (κ2) is 6.64. The summed E-state index contributed by atoms with van der Waals surface area (Å²) < 4.78 is 4.96. The van der Waals surface area contributed by atoms with Gasteiger partial charge in [-0.15, -0.1) is 0 Å². The van der Waals surface area contributed by atoms with Crippen molar-refractivity contribution in [1.29, 1.82) is 0 Å². The van der Waals surface area contributed by atoms with E-state index in [2.05, 4.69) is 5.32 Å². The molecule has 21 heavy (non-hydrogen) atoms. The SMILES string of the molecule is COC(=O)C(C)(Cc1ccc(Cl)cc1)Nc1ccccc1. The smallest absolute Gasteiger partial charge is 0.331 e. The molecule has 3 nitrogen and oxygen atoms in total. The van der Waals surface area contributed by atoms with Crippen molar-refractivity contribution in [2.75, 3.05) is 12.4 Å². The lowest BCUT2D eigenvalue weighted by atomic mass is 9.92. The van der Waals surface area contributed by atoms with Gasteiger partial charge in [-0.1, -0.05) is 41.9 Å². The molecule has 2 aromatic carbocycles. The molecule has 0 bridgehead atoms. The van der Waals surface area contributed by atoms with Crippen molar-refractivity contribution in [3.05, 3.63) is 65.2 Å². The van der Waals surface area contributed by atoms with Crippen LogP contribution in [0.5, 0.6) is 0 Å². The first-order valence-electron chi connectivity index (χ1n) is 6.69. The van der Waals surface area contributed by atoms with Gasteiger partial charge in [-0.2, -0.15) is 0 Å². The van der Waals surface area contributed by atoms with Crippen LogP contribution >= 0.6 is 11.6 Å². The van der Waals surface area contributed by atoms with Crippen LogP contribution in [0.25, 0.3) is 0 Å². The number of ether oxygens (including phenoxy) is 1. The Labute approximate surface area is 129 Å². The molecule has 2 aromatic rings. The molecule has 0 aromatic heterocycles. The van der Waals surface area contributed by atoms with Crippen molar-refractivity contribution >= 4 is 23.3 Å². The van der Waals surface area contributed by atoms with Crippen molar-refractivity contribution in [2.24, 2.45) is 0 Å². The Morgan fingerprint density at radius 1 is 1.14 bits per heavy atom. The summed E-state index contributed by atoms with van der Waals surface area (Å²) in [7, 11) is 1.40. The van der Waals surface area contributed by atoms with Gasteiger partial charge in [0.05, 0.1) is 7.11 Å². The number of rotatable bonds is 5. The van der Waals surface area contributed by atoms with Crippen molar-refractivity contribution in [2.45, 2.75) is 18.9 Å². The lowest BCUT2D eigenvalue weighted by molar-refractivity contribution is -0.145. The van der Waals surface area contributed by atoms with Crippen LogP contribution in [0, 0.1) is 0 Å². The van der Waals surface area contributed by atoms with Gasteiger partial charge in [0, 0.05) is 17.1 Å². The van der Waals surface area contributed by atoms with E-state index >= 15 is 0 Å². The topological polar surface area (TPSA) is 38.3 Å². The fraction of sp³-hybridized carbons (Fsp3) is 0.235. The summed E-state index contributed by atoms with van der Waals surface area (Å²) in [5, 5.41) is 3.94. The van der Waals surface area contributed by atoms with Crippen LogP contribution in [0.3, 0.4) is 0 Å². The molecule has 0 heterocycles. The molecule has 110 valence electrons. The standard InChI is InChI=1S/C17H18ClNO2/c1-17(16(20)21-2,19-15-6-4-3-5-7-15)12-13-8-10-14(18)11-9-13/h3-11,19H,12H2,1-2H3. The predicted octanol–water partition coefficient (Wildman–Crippen LogP) is 3.93. The van der Waals surface area contributed by atoms with Gasteiger partial charge in [-0.3, -0.25) is 0 Å². The Morgan fingerprint density at radius 3 is 2.33 bits per heavy atom.